The number of aryl methyl sites for hydroxylation is 1. The van der Waals surface area contributed by atoms with Crippen molar-refractivity contribution in [1.82, 2.24) is 29.9 Å². The normalized spacial score (nSPS) is 19.3. The summed E-state index contributed by atoms with van der Waals surface area (Å²) in [4.78, 5) is 22.3. The summed E-state index contributed by atoms with van der Waals surface area (Å²) in [5.41, 5.74) is 11.6. The number of benzene rings is 2. The van der Waals surface area contributed by atoms with Crippen LogP contribution in [0, 0.1) is 5.82 Å². The Morgan fingerprint density at radius 3 is 2.48 bits per heavy atom. The minimum Gasteiger partial charge on any atom is -0.383 e. The van der Waals surface area contributed by atoms with Crippen molar-refractivity contribution >= 4 is 11.7 Å². The first-order valence-electron chi connectivity index (χ1n) is 15.3. The predicted octanol–water partition coefficient (Wildman–Crippen LogP) is 4.49. The fourth-order valence-corrected chi connectivity index (χ4v) is 6.03. The molecule has 1 aliphatic heterocycles. The average molecular weight is 598 g/mol. The molecule has 0 unspecified atom stereocenters. The zero-order valence-corrected chi connectivity index (χ0v) is 25.4. The zero-order valence-electron chi connectivity index (χ0n) is 25.4. The molecule has 0 bridgehead atoms. The molecule has 1 saturated heterocycles. The Morgan fingerprint density at radius 2 is 1.75 bits per heavy atom. The van der Waals surface area contributed by atoms with Gasteiger partial charge in [-0.1, -0.05) is 36.4 Å². The van der Waals surface area contributed by atoms with Gasteiger partial charge in [0.2, 0.25) is 0 Å². The highest BCUT2D eigenvalue weighted by atomic mass is 19.1. The number of rotatable bonds is 9. The number of carbonyl (C=O) groups excluding carboxylic acids is 1. The number of likely N-dealkylation sites (N-methyl/N-ethyl adjacent to an activating group) is 1. The van der Waals surface area contributed by atoms with Gasteiger partial charge in [0.05, 0.1) is 30.5 Å². The number of hydrogen-bond donors (Lipinski definition) is 2. The Kier molecular flexibility index (Phi) is 9.02. The Bertz CT molecular complexity index is 1600. The van der Waals surface area contributed by atoms with Crippen molar-refractivity contribution < 1.29 is 13.9 Å². The van der Waals surface area contributed by atoms with Gasteiger partial charge in [0, 0.05) is 68.9 Å². The minimum atomic E-state index is -0.300. The van der Waals surface area contributed by atoms with Crippen molar-refractivity contribution in [2.75, 3.05) is 39.0 Å². The molecule has 0 radical (unpaired) electrons. The smallest absolute Gasteiger partial charge is 0.255 e. The SMILES string of the molecule is CN1CCN(Cc2ccc(-c3ccc(CO[C@H]4CCC[C@@H]4NC(=O)c4cc(-c5cnn(C)c5)cnc4N)c(F)c3)cc2)CC1. The summed E-state index contributed by atoms with van der Waals surface area (Å²) in [6.45, 7) is 5.41. The molecule has 2 fully saturated rings. The first kappa shape index (κ1) is 29.9. The minimum absolute atomic E-state index is 0.132. The van der Waals surface area contributed by atoms with Gasteiger partial charge in [-0.3, -0.25) is 14.4 Å². The van der Waals surface area contributed by atoms with Crippen LogP contribution >= 0.6 is 0 Å². The second-order valence-corrected chi connectivity index (χ2v) is 12.0. The molecule has 3 heterocycles. The number of hydrogen-bond acceptors (Lipinski definition) is 7. The second-order valence-electron chi connectivity index (χ2n) is 12.0. The molecule has 2 atom stereocenters. The van der Waals surface area contributed by atoms with E-state index in [0.717, 1.165) is 74.2 Å². The molecule has 44 heavy (non-hydrogen) atoms. The molecular weight excluding hydrogens is 557 g/mol. The molecule has 230 valence electrons. The Balaban J connectivity index is 1.05. The Labute approximate surface area is 257 Å². The molecule has 9 nitrogen and oxygen atoms in total. The Hall–Kier alpha value is -4.12. The van der Waals surface area contributed by atoms with E-state index >= 15 is 4.39 Å². The molecule has 1 amide bonds. The van der Waals surface area contributed by atoms with Crippen molar-refractivity contribution in [3.8, 4) is 22.3 Å². The number of piperazine rings is 1. The summed E-state index contributed by atoms with van der Waals surface area (Å²) in [6, 6.07) is 15.2. The van der Waals surface area contributed by atoms with Crippen molar-refractivity contribution in [2.45, 2.75) is 44.6 Å². The molecule has 2 aromatic carbocycles. The summed E-state index contributed by atoms with van der Waals surface area (Å²) in [5.74, 6) is -0.433. The third kappa shape index (κ3) is 6.99. The molecular formula is C34H40FN7O2. The largest absolute Gasteiger partial charge is 0.383 e. The van der Waals surface area contributed by atoms with Crippen LogP contribution in [0.15, 0.2) is 67.1 Å². The molecule has 1 aliphatic carbocycles. The van der Waals surface area contributed by atoms with E-state index in [1.54, 1.807) is 35.3 Å². The van der Waals surface area contributed by atoms with Crippen LogP contribution in [-0.2, 0) is 24.9 Å². The number of halogens is 1. The number of nitrogens with two attached hydrogens (primary N) is 1. The van der Waals surface area contributed by atoms with E-state index in [0.29, 0.717) is 11.1 Å². The lowest BCUT2D eigenvalue weighted by molar-refractivity contribution is 0.0259. The fourth-order valence-electron chi connectivity index (χ4n) is 6.03. The highest BCUT2D eigenvalue weighted by molar-refractivity contribution is 5.99. The molecule has 2 aliphatic rings. The van der Waals surface area contributed by atoms with Crippen LogP contribution in [0.3, 0.4) is 0 Å². The summed E-state index contributed by atoms with van der Waals surface area (Å²) in [6.07, 6.45) is 7.45. The van der Waals surface area contributed by atoms with Gasteiger partial charge < -0.3 is 20.7 Å². The number of nitrogen functional groups attached to an aromatic ring is 1. The molecule has 6 rings (SSSR count). The monoisotopic (exact) mass is 597 g/mol. The Morgan fingerprint density at radius 1 is 0.977 bits per heavy atom. The van der Waals surface area contributed by atoms with Crippen LogP contribution in [0.1, 0.15) is 40.7 Å². The predicted molar refractivity (Wildman–Crippen MR) is 169 cm³/mol. The maximum Gasteiger partial charge on any atom is 0.255 e. The summed E-state index contributed by atoms with van der Waals surface area (Å²) in [5, 5.41) is 7.27. The number of carbonyl (C=O) groups is 1. The van der Waals surface area contributed by atoms with Crippen molar-refractivity contribution in [2.24, 2.45) is 7.05 Å². The summed E-state index contributed by atoms with van der Waals surface area (Å²) >= 11 is 0. The lowest BCUT2D eigenvalue weighted by Crippen LogP contribution is -2.43. The summed E-state index contributed by atoms with van der Waals surface area (Å²) < 4.78 is 23.0. The van der Waals surface area contributed by atoms with Crippen LogP contribution in [0.2, 0.25) is 0 Å². The average Bonchev–Trinajstić information content (AvgIpc) is 3.66. The van der Waals surface area contributed by atoms with Gasteiger partial charge in [0.15, 0.2) is 0 Å². The van der Waals surface area contributed by atoms with E-state index in [-0.39, 0.29) is 36.3 Å². The number of ether oxygens (including phenoxy) is 1. The van der Waals surface area contributed by atoms with Gasteiger partial charge in [-0.25, -0.2) is 9.37 Å². The number of pyridine rings is 1. The number of amides is 1. The van der Waals surface area contributed by atoms with Crippen LogP contribution in [0.4, 0.5) is 10.2 Å². The van der Waals surface area contributed by atoms with Gasteiger partial charge in [0.1, 0.15) is 11.6 Å². The van der Waals surface area contributed by atoms with Gasteiger partial charge in [-0.2, -0.15) is 5.10 Å². The highest BCUT2D eigenvalue weighted by Gasteiger charge is 2.30. The molecule has 4 aromatic rings. The molecule has 0 spiro atoms. The molecule has 3 N–H and O–H groups in total. The van der Waals surface area contributed by atoms with Gasteiger partial charge >= 0.3 is 0 Å². The van der Waals surface area contributed by atoms with E-state index in [1.807, 2.05) is 19.3 Å². The number of nitrogens with zero attached hydrogens (tertiary/aromatic N) is 5. The van der Waals surface area contributed by atoms with Crippen LogP contribution in [0.25, 0.3) is 22.3 Å². The van der Waals surface area contributed by atoms with E-state index in [1.165, 1.54) is 5.56 Å². The van der Waals surface area contributed by atoms with E-state index in [9.17, 15) is 4.79 Å². The standard InChI is InChI=1S/C34H40FN7O2/c1-40-12-14-42(15-13-40)20-23-6-8-24(9-7-23)25-10-11-26(30(35)17-25)22-44-32-5-3-4-31(32)39-34(43)29-16-27(18-37-33(29)36)28-19-38-41(2)21-28/h6-11,16-19,21,31-32H,3-5,12-15,20,22H2,1-2H3,(H2,36,37)(H,39,43)/t31-,32-/m0/s1. The van der Waals surface area contributed by atoms with Crippen LogP contribution in [0.5, 0.6) is 0 Å². The maximum atomic E-state index is 15.2. The fraction of sp³-hybridized carbons (Fsp3) is 0.382. The van der Waals surface area contributed by atoms with Crippen molar-refractivity contribution in [3.05, 3.63) is 89.6 Å². The quantitative estimate of drug-likeness (QED) is 0.293. The molecule has 2 aromatic heterocycles. The van der Waals surface area contributed by atoms with Crippen molar-refractivity contribution in [1.29, 1.82) is 0 Å². The van der Waals surface area contributed by atoms with Crippen LogP contribution in [-0.4, -0.2) is 75.8 Å². The van der Waals surface area contributed by atoms with E-state index in [2.05, 4.69) is 56.5 Å². The first-order valence-corrected chi connectivity index (χ1v) is 15.3. The lowest BCUT2D eigenvalue weighted by Gasteiger charge is -2.32. The highest BCUT2D eigenvalue weighted by Crippen LogP contribution is 2.28. The first-order chi connectivity index (χ1) is 21.3. The van der Waals surface area contributed by atoms with Gasteiger partial charge in [-0.15, -0.1) is 0 Å². The summed E-state index contributed by atoms with van der Waals surface area (Å²) in [7, 11) is 3.99. The lowest BCUT2D eigenvalue weighted by atomic mass is 10.0. The number of anilines is 1. The van der Waals surface area contributed by atoms with E-state index in [4.69, 9.17) is 10.5 Å². The van der Waals surface area contributed by atoms with E-state index < -0.39 is 0 Å². The zero-order chi connectivity index (χ0) is 30.6. The maximum absolute atomic E-state index is 15.2. The van der Waals surface area contributed by atoms with Crippen LogP contribution < -0.4 is 11.1 Å². The molecule has 1 saturated carbocycles. The third-order valence-corrected chi connectivity index (χ3v) is 8.77. The second kappa shape index (κ2) is 13.3. The third-order valence-electron chi connectivity index (χ3n) is 8.77. The molecule has 10 heteroatoms. The topological polar surface area (TPSA) is 102 Å². The van der Waals surface area contributed by atoms with Crippen molar-refractivity contribution in [3.63, 3.8) is 0 Å². The number of nitrogens with one attached hydrogen (secondary N) is 1. The van der Waals surface area contributed by atoms with Gasteiger partial charge in [-0.05, 0) is 55.1 Å². The number of aromatic nitrogens is 3. The van der Waals surface area contributed by atoms with Gasteiger partial charge in [0.25, 0.3) is 5.91 Å².